The second-order valence-electron chi connectivity index (χ2n) is 6.80. The quantitative estimate of drug-likeness (QED) is 0.830. The van der Waals surface area contributed by atoms with Crippen molar-refractivity contribution in [2.45, 2.75) is 39.2 Å². The number of nitrogens with zero attached hydrogens (tertiary/aromatic N) is 3. The Labute approximate surface area is 153 Å². The molecule has 0 radical (unpaired) electrons. The fourth-order valence-electron chi connectivity index (χ4n) is 3.88. The third-order valence-electron chi connectivity index (χ3n) is 5.19. The van der Waals surface area contributed by atoms with Gasteiger partial charge in [-0.2, -0.15) is 5.10 Å². The van der Waals surface area contributed by atoms with E-state index >= 15 is 0 Å². The maximum atomic E-state index is 12.6. The zero-order valence-corrected chi connectivity index (χ0v) is 15.7. The zero-order valence-electron chi connectivity index (χ0n) is 15.7. The van der Waals surface area contributed by atoms with E-state index in [1.807, 2.05) is 44.3 Å². The Morgan fingerprint density at radius 2 is 2.23 bits per heavy atom. The predicted molar refractivity (Wildman–Crippen MR) is 98.6 cm³/mol. The van der Waals surface area contributed by atoms with Gasteiger partial charge in [0.15, 0.2) is 0 Å². The van der Waals surface area contributed by atoms with Crippen molar-refractivity contribution in [2.75, 3.05) is 13.1 Å². The lowest BCUT2D eigenvalue weighted by Gasteiger charge is -2.40. The molecule has 1 fully saturated rings. The molecule has 2 N–H and O–H groups in total. The van der Waals surface area contributed by atoms with Crippen LogP contribution in [0.15, 0.2) is 24.7 Å². The maximum Gasteiger partial charge on any atom is 0.253 e. The molecular weight excluding hydrogens is 330 g/mol. The molecule has 0 aromatic carbocycles. The van der Waals surface area contributed by atoms with Crippen LogP contribution in [-0.4, -0.2) is 44.6 Å². The number of rotatable bonds is 6. The number of hydrogen-bond acceptors (Lipinski definition) is 3. The molecule has 3 heterocycles. The molecule has 1 saturated heterocycles. The number of aromatic nitrogens is 3. The largest absolute Gasteiger partial charge is 0.364 e. The third-order valence-corrected chi connectivity index (χ3v) is 5.19. The molecule has 2 aromatic heterocycles. The van der Waals surface area contributed by atoms with Gasteiger partial charge < -0.3 is 15.2 Å². The number of carbonyl (C=O) groups excluding carboxylic acids is 2. The molecule has 2 amide bonds. The van der Waals surface area contributed by atoms with Gasteiger partial charge in [-0.1, -0.05) is 6.92 Å². The highest BCUT2D eigenvalue weighted by Crippen LogP contribution is 2.36. The molecule has 1 aliphatic rings. The van der Waals surface area contributed by atoms with Crippen molar-refractivity contribution >= 4 is 11.8 Å². The van der Waals surface area contributed by atoms with Crippen LogP contribution in [0.2, 0.25) is 0 Å². The van der Waals surface area contributed by atoms with E-state index in [1.54, 1.807) is 10.9 Å². The van der Waals surface area contributed by atoms with Crippen LogP contribution in [0.5, 0.6) is 0 Å². The van der Waals surface area contributed by atoms with Crippen molar-refractivity contribution < 1.29 is 9.59 Å². The van der Waals surface area contributed by atoms with E-state index in [0.29, 0.717) is 25.1 Å². The first-order valence-electron chi connectivity index (χ1n) is 9.27. The molecule has 3 rings (SSSR count). The van der Waals surface area contributed by atoms with E-state index in [0.717, 1.165) is 24.1 Å². The molecule has 0 spiro atoms. The summed E-state index contributed by atoms with van der Waals surface area (Å²) in [4.78, 5) is 30.0. The fourth-order valence-corrected chi connectivity index (χ4v) is 3.88. The molecule has 140 valence electrons. The number of amides is 2. The van der Waals surface area contributed by atoms with Gasteiger partial charge in [0, 0.05) is 56.1 Å². The molecule has 7 heteroatoms. The van der Waals surface area contributed by atoms with Crippen LogP contribution in [0.25, 0.3) is 0 Å². The summed E-state index contributed by atoms with van der Waals surface area (Å²) >= 11 is 0. The molecule has 7 nitrogen and oxygen atoms in total. The van der Waals surface area contributed by atoms with E-state index in [1.165, 1.54) is 0 Å². The highest BCUT2D eigenvalue weighted by atomic mass is 16.2. The second kappa shape index (κ2) is 7.76. The van der Waals surface area contributed by atoms with Gasteiger partial charge in [-0.15, -0.1) is 0 Å². The van der Waals surface area contributed by atoms with Crippen LogP contribution in [0.3, 0.4) is 0 Å². The first kappa shape index (κ1) is 18.2. The number of carbonyl (C=O) groups is 2. The number of nitrogens with one attached hydrogen (secondary N) is 2. The van der Waals surface area contributed by atoms with E-state index < -0.39 is 0 Å². The minimum absolute atomic E-state index is 0.0490. The van der Waals surface area contributed by atoms with Crippen molar-refractivity contribution in [2.24, 2.45) is 13.0 Å². The molecule has 2 atom stereocenters. The summed E-state index contributed by atoms with van der Waals surface area (Å²) in [6.07, 6.45) is 7.66. The summed E-state index contributed by atoms with van der Waals surface area (Å²) in [5.41, 5.74) is 2.67. The van der Waals surface area contributed by atoms with Crippen LogP contribution < -0.4 is 5.32 Å². The lowest BCUT2D eigenvalue weighted by atomic mass is 9.85. The van der Waals surface area contributed by atoms with E-state index in [-0.39, 0.29) is 23.8 Å². The number of aromatic amines is 1. The van der Waals surface area contributed by atoms with Gasteiger partial charge in [-0.3, -0.25) is 14.3 Å². The van der Waals surface area contributed by atoms with Crippen LogP contribution >= 0.6 is 0 Å². The minimum atomic E-state index is -0.0621. The summed E-state index contributed by atoms with van der Waals surface area (Å²) < 4.78 is 1.76. The molecule has 0 unspecified atom stereocenters. The monoisotopic (exact) mass is 357 g/mol. The minimum Gasteiger partial charge on any atom is -0.364 e. The van der Waals surface area contributed by atoms with Gasteiger partial charge in [0.05, 0.1) is 17.8 Å². The molecule has 0 saturated carbocycles. The smallest absolute Gasteiger partial charge is 0.253 e. The first-order valence-corrected chi connectivity index (χ1v) is 9.27. The summed E-state index contributed by atoms with van der Waals surface area (Å²) in [6.45, 7) is 5.21. The number of piperidine rings is 1. The predicted octanol–water partition coefficient (Wildman–Crippen LogP) is 2.04. The van der Waals surface area contributed by atoms with E-state index in [4.69, 9.17) is 0 Å². The first-order chi connectivity index (χ1) is 12.5. The summed E-state index contributed by atoms with van der Waals surface area (Å²) in [7, 11) is 1.87. The second-order valence-corrected chi connectivity index (χ2v) is 6.80. The number of aryl methyl sites for hydroxylation is 2. The Morgan fingerprint density at radius 1 is 1.42 bits per heavy atom. The van der Waals surface area contributed by atoms with Crippen LogP contribution in [0, 0.1) is 5.92 Å². The van der Waals surface area contributed by atoms with Gasteiger partial charge in [0.2, 0.25) is 5.91 Å². The van der Waals surface area contributed by atoms with Gasteiger partial charge in [0.1, 0.15) is 0 Å². The van der Waals surface area contributed by atoms with Gasteiger partial charge in [-0.05, 0) is 25.8 Å². The topological polar surface area (TPSA) is 83.0 Å². The normalized spacial score (nSPS) is 20.4. The molecule has 2 aromatic rings. The van der Waals surface area contributed by atoms with Crippen LogP contribution in [0.4, 0.5) is 0 Å². The summed E-state index contributed by atoms with van der Waals surface area (Å²) in [5.74, 6) is 0.278. The van der Waals surface area contributed by atoms with Crippen molar-refractivity contribution in [3.8, 4) is 0 Å². The Bertz CT molecular complexity index is 778. The number of hydrogen-bond donors (Lipinski definition) is 2. The zero-order chi connectivity index (χ0) is 18.7. The molecule has 26 heavy (non-hydrogen) atoms. The van der Waals surface area contributed by atoms with Crippen LogP contribution in [-0.2, 0) is 18.3 Å². The maximum absolute atomic E-state index is 12.6. The Kier molecular flexibility index (Phi) is 5.44. The van der Waals surface area contributed by atoms with Crippen molar-refractivity contribution in [1.29, 1.82) is 0 Å². The SMILES string of the molecule is CCc1[nH]ccc1C(=O)NC[C@H]1CCC(=O)N(CC)[C@@H]1c1cnn(C)c1. The van der Waals surface area contributed by atoms with Gasteiger partial charge in [-0.25, -0.2) is 0 Å². The van der Waals surface area contributed by atoms with Crippen molar-refractivity contribution in [1.82, 2.24) is 25.0 Å². The lowest BCUT2D eigenvalue weighted by molar-refractivity contribution is -0.138. The van der Waals surface area contributed by atoms with Crippen molar-refractivity contribution in [3.63, 3.8) is 0 Å². The average molecular weight is 357 g/mol. The standard InChI is InChI=1S/C19H27N5O2/c1-4-16-15(8-9-20-16)19(26)21-10-13-6-7-17(25)24(5-2)18(13)14-11-22-23(3)12-14/h8-9,11-13,18,20H,4-7,10H2,1-3H3,(H,21,26)/t13-,18+/m1/s1. The Morgan fingerprint density at radius 3 is 2.88 bits per heavy atom. The Balaban J connectivity index is 1.76. The molecular formula is C19H27N5O2. The van der Waals surface area contributed by atoms with Gasteiger partial charge >= 0.3 is 0 Å². The third kappa shape index (κ3) is 3.52. The molecule has 0 bridgehead atoms. The lowest BCUT2D eigenvalue weighted by Crippen LogP contribution is -2.46. The van der Waals surface area contributed by atoms with Gasteiger partial charge in [0.25, 0.3) is 5.91 Å². The molecule has 0 aliphatic carbocycles. The van der Waals surface area contributed by atoms with E-state index in [2.05, 4.69) is 15.4 Å². The van der Waals surface area contributed by atoms with E-state index in [9.17, 15) is 9.59 Å². The summed E-state index contributed by atoms with van der Waals surface area (Å²) in [6, 6.07) is 1.77. The van der Waals surface area contributed by atoms with Crippen LogP contribution in [0.1, 0.15) is 54.3 Å². The highest BCUT2D eigenvalue weighted by Gasteiger charge is 2.36. The highest BCUT2D eigenvalue weighted by molar-refractivity contribution is 5.95. The fraction of sp³-hybridized carbons (Fsp3) is 0.526. The summed E-state index contributed by atoms with van der Waals surface area (Å²) in [5, 5.41) is 7.34. The average Bonchev–Trinajstić information content (AvgIpc) is 3.28. The Hall–Kier alpha value is -2.57. The molecule has 1 aliphatic heterocycles. The number of H-pyrrole nitrogens is 1. The van der Waals surface area contributed by atoms with Crippen molar-refractivity contribution in [3.05, 3.63) is 41.5 Å². The number of likely N-dealkylation sites (tertiary alicyclic amines) is 1.